The topological polar surface area (TPSA) is 110 Å². The molecule has 0 radical (unpaired) electrons. The molecule has 10 heteroatoms. The van der Waals surface area contributed by atoms with Gasteiger partial charge < -0.3 is 14.6 Å². The molecular weight excluding hydrogens is 465 g/mol. The standard InChI is InChI=1S/C23H15Cl2N5O3/c24-18-11-27-12-19(25)20(18)29-23(32)21(31)17-13-30(22-16(17)2-1-7-28-22)8-9-33-15-5-3-14(10-26)4-6-15/h1-7,11-13H,8-9H2,(H,27,29,32). The summed E-state index contributed by atoms with van der Waals surface area (Å²) in [6.45, 7) is 0.665. The van der Waals surface area contributed by atoms with Crippen LogP contribution in [0.1, 0.15) is 15.9 Å². The summed E-state index contributed by atoms with van der Waals surface area (Å²) in [6.07, 6.45) is 5.80. The molecular formula is C23H15Cl2N5O3. The molecule has 0 fully saturated rings. The first-order chi connectivity index (χ1) is 16.0. The molecule has 0 aliphatic rings. The summed E-state index contributed by atoms with van der Waals surface area (Å²) in [6, 6.07) is 12.2. The molecule has 0 atom stereocenters. The summed E-state index contributed by atoms with van der Waals surface area (Å²) in [5.41, 5.74) is 1.38. The Morgan fingerprint density at radius 1 is 1.12 bits per heavy atom. The van der Waals surface area contributed by atoms with Gasteiger partial charge in [0.25, 0.3) is 11.7 Å². The van der Waals surface area contributed by atoms with Crippen molar-refractivity contribution in [2.75, 3.05) is 11.9 Å². The molecule has 0 bridgehead atoms. The second kappa shape index (κ2) is 9.69. The summed E-state index contributed by atoms with van der Waals surface area (Å²) in [7, 11) is 0. The van der Waals surface area contributed by atoms with E-state index in [1.807, 2.05) is 6.07 Å². The molecule has 33 heavy (non-hydrogen) atoms. The zero-order valence-electron chi connectivity index (χ0n) is 17.0. The second-order valence-electron chi connectivity index (χ2n) is 6.86. The molecule has 1 aromatic carbocycles. The third kappa shape index (κ3) is 4.80. The number of benzene rings is 1. The molecule has 0 saturated carbocycles. The minimum atomic E-state index is -0.887. The minimum Gasteiger partial charge on any atom is -0.492 e. The smallest absolute Gasteiger partial charge is 0.296 e. The van der Waals surface area contributed by atoms with Crippen molar-refractivity contribution in [3.8, 4) is 11.8 Å². The first-order valence-corrected chi connectivity index (χ1v) is 10.4. The lowest BCUT2D eigenvalue weighted by Crippen LogP contribution is -2.23. The van der Waals surface area contributed by atoms with E-state index < -0.39 is 11.7 Å². The Hall–Kier alpha value is -3.93. The number of amides is 1. The summed E-state index contributed by atoms with van der Waals surface area (Å²) in [4.78, 5) is 33.7. The lowest BCUT2D eigenvalue weighted by atomic mass is 10.1. The number of anilines is 1. The quantitative estimate of drug-likeness (QED) is 0.308. The fraction of sp³-hybridized carbons (Fsp3) is 0.0870. The Morgan fingerprint density at radius 2 is 1.85 bits per heavy atom. The van der Waals surface area contributed by atoms with E-state index in [0.717, 1.165) is 0 Å². The van der Waals surface area contributed by atoms with Crippen LogP contribution in [0.3, 0.4) is 0 Å². The average Bonchev–Trinajstić information content (AvgIpc) is 3.20. The van der Waals surface area contributed by atoms with Crippen LogP contribution in [0.5, 0.6) is 5.75 Å². The van der Waals surface area contributed by atoms with Crippen molar-refractivity contribution in [3.63, 3.8) is 0 Å². The van der Waals surface area contributed by atoms with Crippen LogP contribution in [0.2, 0.25) is 10.0 Å². The number of nitriles is 1. The Kier molecular flexibility index (Phi) is 6.54. The maximum absolute atomic E-state index is 12.9. The van der Waals surface area contributed by atoms with Gasteiger partial charge in [-0.05, 0) is 36.4 Å². The number of pyridine rings is 2. The highest BCUT2D eigenvalue weighted by Gasteiger charge is 2.23. The number of aromatic nitrogens is 3. The fourth-order valence-electron chi connectivity index (χ4n) is 3.18. The van der Waals surface area contributed by atoms with Gasteiger partial charge in [0.1, 0.15) is 18.0 Å². The van der Waals surface area contributed by atoms with E-state index in [2.05, 4.69) is 15.3 Å². The van der Waals surface area contributed by atoms with Gasteiger partial charge in [0, 0.05) is 30.2 Å². The molecule has 4 rings (SSSR count). The van der Waals surface area contributed by atoms with E-state index in [4.69, 9.17) is 33.2 Å². The monoisotopic (exact) mass is 479 g/mol. The van der Waals surface area contributed by atoms with E-state index in [9.17, 15) is 9.59 Å². The number of nitrogens with zero attached hydrogens (tertiary/aromatic N) is 4. The van der Waals surface area contributed by atoms with Crippen LogP contribution in [0, 0.1) is 11.3 Å². The van der Waals surface area contributed by atoms with Gasteiger partial charge in [-0.25, -0.2) is 4.98 Å². The lowest BCUT2D eigenvalue weighted by molar-refractivity contribution is -0.112. The number of carbonyl (C=O) groups is 2. The third-order valence-electron chi connectivity index (χ3n) is 4.76. The van der Waals surface area contributed by atoms with Gasteiger partial charge in [-0.1, -0.05) is 23.2 Å². The second-order valence-corrected chi connectivity index (χ2v) is 7.67. The Labute approximate surface area is 198 Å². The molecule has 3 aromatic heterocycles. The molecule has 3 heterocycles. The van der Waals surface area contributed by atoms with Crippen LogP contribution in [-0.4, -0.2) is 32.8 Å². The molecule has 4 aromatic rings. The van der Waals surface area contributed by atoms with Crippen LogP contribution in [-0.2, 0) is 11.3 Å². The number of nitrogens with one attached hydrogen (secondary N) is 1. The first-order valence-electron chi connectivity index (χ1n) is 9.69. The highest BCUT2D eigenvalue weighted by molar-refractivity contribution is 6.50. The van der Waals surface area contributed by atoms with E-state index in [-0.39, 0.29) is 27.9 Å². The van der Waals surface area contributed by atoms with E-state index in [1.165, 1.54) is 12.4 Å². The third-order valence-corrected chi connectivity index (χ3v) is 5.33. The molecule has 0 saturated heterocycles. The highest BCUT2D eigenvalue weighted by atomic mass is 35.5. The molecule has 0 aliphatic carbocycles. The molecule has 1 amide bonds. The molecule has 0 unspecified atom stereocenters. The maximum atomic E-state index is 12.9. The predicted molar refractivity (Wildman–Crippen MR) is 124 cm³/mol. The number of carbonyl (C=O) groups excluding carboxylic acids is 2. The number of ketones is 1. The van der Waals surface area contributed by atoms with Crippen LogP contribution >= 0.6 is 23.2 Å². The van der Waals surface area contributed by atoms with Crippen LogP contribution in [0.4, 0.5) is 5.69 Å². The fourth-order valence-corrected chi connectivity index (χ4v) is 3.64. The van der Waals surface area contributed by atoms with Crippen LogP contribution in [0.25, 0.3) is 11.0 Å². The summed E-state index contributed by atoms with van der Waals surface area (Å²) in [5.74, 6) is -1.04. The molecule has 0 aliphatic heterocycles. The van der Waals surface area contributed by atoms with E-state index in [1.54, 1.807) is 53.4 Å². The van der Waals surface area contributed by atoms with Gasteiger partial charge in [0.15, 0.2) is 0 Å². The largest absolute Gasteiger partial charge is 0.492 e. The van der Waals surface area contributed by atoms with E-state index >= 15 is 0 Å². The van der Waals surface area contributed by atoms with Crippen molar-refractivity contribution in [2.24, 2.45) is 0 Å². The SMILES string of the molecule is N#Cc1ccc(OCCn2cc(C(=O)C(=O)Nc3c(Cl)cncc3Cl)c3cccnc32)cc1. The predicted octanol–water partition coefficient (Wildman–Crippen LogP) is 4.51. The molecule has 0 spiro atoms. The number of Topliss-reactive ketones (excluding diaryl/α,β-unsaturated/α-hetero) is 1. The Bertz CT molecular complexity index is 1370. The molecule has 8 nitrogen and oxygen atoms in total. The van der Waals surface area contributed by atoms with Gasteiger partial charge in [-0.2, -0.15) is 5.26 Å². The van der Waals surface area contributed by atoms with Crippen molar-refractivity contribution >= 4 is 51.6 Å². The summed E-state index contributed by atoms with van der Waals surface area (Å²) < 4.78 is 7.47. The van der Waals surface area contributed by atoms with Crippen molar-refractivity contribution in [1.82, 2.24) is 14.5 Å². The Morgan fingerprint density at radius 3 is 2.55 bits per heavy atom. The molecule has 1 N–H and O–H groups in total. The van der Waals surface area contributed by atoms with Crippen LogP contribution < -0.4 is 10.1 Å². The van der Waals surface area contributed by atoms with Crippen LogP contribution in [0.15, 0.2) is 61.2 Å². The number of hydrogen-bond donors (Lipinski definition) is 1. The molecule has 164 valence electrons. The minimum absolute atomic E-state index is 0.115. The van der Waals surface area contributed by atoms with Gasteiger partial charge in [0.05, 0.1) is 39.5 Å². The van der Waals surface area contributed by atoms with Crippen molar-refractivity contribution < 1.29 is 14.3 Å². The number of halogens is 2. The summed E-state index contributed by atoms with van der Waals surface area (Å²) >= 11 is 12.1. The normalized spacial score (nSPS) is 10.6. The maximum Gasteiger partial charge on any atom is 0.296 e. The highest BCUT2D eigenvalue weighted by Crippen LogP contribution is 2.29. The summed E-state index contributed by atoms with van der Waals surface area (Å²) in [5, 5.41) is 12.1. The van der Waals surface area contributed by atoms with Crippen molar-refractivity contribution in [1.29, 1.82) is 5.26 Å². The van der Waals surface area contributed by atoms with Gasteiger partial charge in [-0.15, -0.1) is 0 Å². The van der Waals surface area contributed by atoms with E-state index in [0.29, 0.717) is 28.9 Å². The number of rotatable bonds is 7. The number of ether oxygens (including phenoxy) is 1. The zero-order chi connectivity index (χ0) is 23.4. The average molecular weight is 480 g/mol. The van der Waals surface area contributed by atoms with Gasteiger partial charge in [0.2, 0.25) is 0 Å². The first kappa shape index (κ1) is 22.3. The van der Waals surface area contributed by atoms with Gasteiger partial charge >= 0.3 is 0 Å². The van der Waals surface area contributed by atoms with Crippen molar-refractivity contribution in [2.45, 2.75) is 6.54 Å². The van der Waals surface area contributed by atoms with Crippen molar-refractivity contribution in [3.05, 3.63) is 82.4 Å². The zero-order valence-corrected chi connectivity index (χ0v) is 18.5. The Balaban J connectivity index is 1.53. The lowest BCUT2D eigenvalue weighted by Gasteiger charge is -2.08. The van der Waals surface area contributed by atoms with Gasteiger partial charge in [-0.3, -0.25) is 14.6 Å². The number of hydrogen-bond acceptors (Lipinski definition) is 6. The number of fused-ring (bicyclic) bond motifs is 1.